The summed E-state index contributed by atoms with van der Waals surface area (Å²) in [5, 5.41) is 0. The molecule has 4 heavy (non-hydrogen) atoms. The SMILES string of the molecule is [CH3][Mn+4].[O-2].[O-2]. The van der Waals surface area contributed by atoms with Crippen LogP contribution in [0.5, 0.6) is 0 Å². The maximum absolute atomic E-state index is 2.94. The molecule has 26 valence electrons. The minimum atomic E-state index is 0. The molecule has 0 bridgehead atoms. The molecule has 0 spiro atoms. The van der Waals surface area contributed by atoms with E-state index >= 15 is 0 Å². The fraction of sp³-hybridized carbons (Fsp3) is 1.00. The fourth-order valence-electron chi connectivity index (χ4n) is 0. The second-order valence-corrected chi connectivity index (χ2v) is 0. The van der Waals surface area contributed by atoms with Gasteiger partial charge < -0.3 is 11.0 Å². The maximum Gasteiger partial charge on any atom is -2.00 e. The minimum Gasteiger partial charge on any atom is -2.00 e. The van der Waals surface area contributed by atoms with Gasteiger partial charge in [-0.05, 0) is 0 Å². The summed E-state index contributed by atoms with van der Waals surface area (Å²) < 4.78 is 0. The third-order valence-corrected chi connectivity index (χ3v) is 0. The summed E-state index contributed by atoms with van der Waals surface area (Å²) in [4.78, 5) is 0. The first-order valence-corrected chi connectivity index (χ1v) is 1.56. The first kappa shape index (κ1) is 25.3. The van der Waals surface area contributed by atoms with Crippen molar-refractivity contribution in [1.29, 1.82) is 0 Å². The second-order valence-electron chi connectivity index (χ2n) is 0. The quantitative estimate of drug-likeness (QED) is 0.396. The Labute approximate surface area is 33.6 Å². The summed E-state index contributed by atoms with van der Waals surface area (Å²) in [6.07, 6.45) is 0. The molecule has 2 nitrogen and oxygen atoms in total. The number of hydrogen-bond acceptors (Lipinski definition) is 0. The van der Waals surface area contributed by atoms with Crippen molar-refractivity contribution >= 4 is 0 Å². The molecular formula is CH3MnO2. The Bertz CT molecular complexity index is 6.00. The first-order valence-electron chi connectivity index (χ1n) is 0.378. The van der Waals surface area contributed by atoms with E-state index in [0.29, 0.717) is 0 Å². The second kappa shape index (κ2) is 106. The predicted octanol–water partition coefficient (Wildman–Crippen LogP) is 0.344. The Morgan fingerprint density at radius 2 is 1.00 bits per heavy atom. The van der Waals surface area contributed by atoms with Crippen LogP contribution in [0.4, 0.5) is 0 Å². The predicted molar refractivity (Wildman–Crippen MR) is 7.24 cm³/mol. The summed E-state index contributed by atoms with van der Waals surface area (Å²) >= 11 is 2.94. The zero-order valence-electron chi connectivity index (χ0n) is 2.19. The molecule has 0 aliphatic heterocycles. The molecule has 0 saturated carbocycles. The normalized spacial score (nSPS) is 1.00. The molecule has 0 aromatic carbocycles. The van der Waals surface area contributed by atoms with Crippen LogP contribution in [0.1, 0.15) is 0 Å². The molecule has 0 aromatic rings. The molecule has 0 atom stereocenters. The maximum atomic E-state index is 2.94. The van der Waals surface area contributed by atoms with Gasteiger partial charge in [0.25, 0.3) is 0 Å². The topological polar surface area (TPSA) is 57.0 Å². The molecule has 0 N–H and O–H groups in total. The molecule has 0 rings (SSSR count). The first-order chi connectivity index (χ1) is 1.00. The molecule has 3 heteroatoms. The van der Waals surface area contributed by atoms with Gasteiger partial charge in [0.1, 0.15) is 0 Å². The zero-order chi connectivity index (χ0) is 2.00. The molecule has 0 aliphatic carbocycles. The van der Waals surface area contributed by atoms with Crippen LogP contribution in [0.15, 0.2) is 0 Å². The molecular weight excluding hydrogens is 98.9 g/mol. The van der Waals surface area contributed by atoms with E-state index in [4.69, 9.17) is 0 Å². The largest absolute Gasteiger partial charge is 2.00 e. The van der Waals surface area contributed by atoms with Crippen LogP contribution in [0, 0.1) is 0 Å². The van der Waals surface area contributed by atoms with E-state index in [1.165, 1.54) is 0 Å². The molecule has 0 saturated heterocycles. The summed E-state index contributed by atoms with van der Waals surface area (Å²) in [5.74, 6) is 1.81. The average Bonchev–Trinajstić information content (AvgIpc) is 1.00. The van der Waals surface area contributed by atoms with Gasteiger partial charge in [0.15, 0.2) is 0 Å². The Morgan fingerprint density at radius 1 is 1.00 bits per heavy atom. The van der Waals surface area contributed by atoms with Crippen LogP contribution in [-0.4, -0.2) is 0 Å². The summed E-state index contributed by atoms with van der Waals surface area (Å²) in [5.41, 5.74) is 0. The van der Waals surface area contributed by atoms with E-state index in [-0.39, 0.29) is 11.0 Å². The van der Waals surface area contributed by atoms with Gasteiger partial charge in [-0.2, -0.15) is 0 Å². The third kappa shape index (κ3) is 26.2. The van der Waals surface area contributed by atoms with Crippen LogP contribution in [0.25, 0.3) is 0 Å². The molecule has 0 amide bonds. The van der Waals surface area contributed by atoms with Crippen molar-refractivity contribution in [2.45, 2.75) is 5.82 Å². The van der Waals surface area contributed by atoms with Gasteiger partial charge in [-0.1, -0.05) is 0 Å². The van der Waals surface area contributed by atoms with Crippen molar-refractivity contribution in [3.8, 4) is 0 Å². The Kier molecular flexibility index (Phi) is 672. The fourth-order valence-corrected chi connectivity index (χ4v) is 0. The van der Waals surface area contributed by atoms with Crippen LogP contribution >= 0.6 is 0 Å². The minimum absolute atomic E-state index is 0. The summed E-state index contributed by atoms with van der Waals surface area (Å²) in [6, 6.07) is 0. The van der Waals surface area contributed by atoms with Crippen LogP contribution < -0.4 is 0 Å². The molecule has 0 radical (unpaired) electrons. The van der Waals surface area contributed by atoms with Gasteiger partial charge in [0.05, 0.1) is 0 Å². The van der Waals surface area contributed by atoms with Gasteiger partial charge >= 0.3 is 21.8 Å². The van der Waals surface area contributed by atoms with E-state index in [0.717, 1.165) is 0 Å². The molecule has 0 heterocycles. The van der Waals surface area contributed by atoms with Crippen molar-refractivity contribution < 1.29 is 27.0 Å². The van der Waals surface area contributed by atoms with Gasteiger partial charge in [-0.15, -0.1) is 0 Å². The molecule has 0 fully saturated rings. The third-order valence-electron chi connectivity index (χ3n) is 0. The molecule has 0 unspecified atom stereocenters. The Balaban J connectivity index is -0.00000000500. The summed E-state index contributed by atoms with van der Waals surface area (Å²) in [7, 11) is 0. The van der Waals surface area contributed by atoms with E-state index in [9.17, 15) is 0 Å². The van der Waals surface area contributed by atoms with Gasteiger partial charge in [-0.25, -0.2) is 0 Å². The van der Waals surface area contributed by atoms with Crippen LogP contribution in [-0.2, 0) is 27.0 Å². The van der Waals surface area contributed by atoms with Crippen molar-refractivity contribution in [1.82, 2.24) is 0 Å². The van der Waals surface area contributed by atoms with Crippen LogP contribution in [0.3, 0.4) is 0 Å². The summed E-state index contributed by atoms with van der Waals surface area (Å²) in [6.45, 7) is 0. The van der Waals surface area contributed by atoms with E-state index in [1.807, 2.05) is 5.82 Å². The van der Waals surface area contributed by atoms with Gasteiger partial charge in [0.2, 0.25) is 0 Å². The Morgan fingerprint density at radius 3 is 1.00 bits per heavy atom. The number of rotatable bonds is 0. The standard InChI is InChI=1S/CH3.Mn.2O/h1H3;;;/q;+4;2*-2. The monoisotopic (exact) mass is 102 g/mol. The smallest absolute Gasteiger partial charge is 2.00 e. The van der Waals surface area contributed by atoms with E-state index in [2.05, 4.69) is 16.0 Å². The van der Waals surface area contributed by atoms with Gasteiger partial charge in [-0.3, -0.25) is 0 Å². The molecule has 0 aromatic heterocycles. The average molecular weight is 102 g/mol. The van der Waals surface area contributed by atoms with Crippen LogP contribution in [0.2, 0.25) is 5.82 Å². The van der Waals surface area contributed by atoms with Crippen molar-refractivity contribution in [2.75, 3.05) is 0 Å². The van der Waals surface area contributed by atoms with Crippen molar-refractivity contribution in [3.05, 3.63) is 0 Å². The van der Waals surface area contributed by atoms with Crippen molar-refractivity contribution in [2.24, 2.45) is 0 Å². The van der Waals surface area contributed by atoms with Gasteiger partial charge in [0, 0.05) is 0 Å². The number of hydrogen-bond donors (Lipinski definition) is 0. The zero-order valence-corrected chi connectivity index (χ0v) is 3.37. The van der Waals surface area contributed by atoms with E-state index in [1.54, 1.807) is 0 Å². The molecule has 0 aliphatic rings. The Hall–Kier alpha value is 0.439. The van der Waals surface area contributed by atoms with Crippen molar-refractivity contribution in [3.63, 3.8) is 0 Å². The van der Waals surface area contributed by atoms with E-state index < -0.39 is 0 Å².